The second kappa shape index (κ2) is 10.2. The molecule has 2 aromatic rings. The molecule has 0 aliphatic heterocycles. The average molecular weight is 351 g/mol. The molecule has 0 bridgehead atoms. The van der Waals surface area contributed by atoms with Crippen LogP contribution in [0.25, 0.3) is 0 Å². The van der Waals surface area contributed by atoms with Crippen molar-refractivity contribution in [1.82, 2.24) is 0 Å². The summed E-state index contributed by atoms with van der Waals surface area (Å²) in [5.74, 6) is -0.0985. The molecule has 26 heavy (non-hydrogen) atoms. The van der Waals surface area contributed by atoms with Gasteiger partial charge >= 0.3 is 0 Å². The maximum atomic E-state index is 13.0. The molecular formula is C21H25N3O2. The number of rotatable bonds is 9. The zero-order valence-corrected chi connectivity index (χ0v) is 15.1. The van der Waals surface area contributed by atoms with Crippen LogP contribution in [0.2, 0.25) is 0 Å². The van der Waals surface area contributed by atoms with Crippen LogP contribution < -0.4 is 9.80 Å². The van der Waals surface area contributed by atoms with Crippen LogP contribution in [0, 0.1) is 11.3 Å². The summed E-state index contributed by atoms with van der Waals surface area (Å²) < 4.78 is 0. The van der Waals surface area contributed by atoms with Gasteiger partial charge in [-0.15, -0.1) is 0 Å². The van der Waals surface area contributed by atoms with Gasteiger partial charge in [0.15, 0.2) is 0 Å². The largest absolute Gasteiger partial charge is 0.391 e. The highest BCUT2D eigenvalue weighted by atomic mass is 16.3. The molecule has 0 spiro atoms. The molecule has 1 amide bonds. The van der Waals surface area contributed by atoms with E-state index in [1.807, 2.05) is 72.5 Å². The zero-order chi connectivity index (χ0) is 18.8. The Morgan fingerprint density at radius 3 is 2.19 bits per heavy atom. The number of hydrogen-bond acceptors (Lipinski definition) is 4. The summed E-state index contributed by atoms with van der Waals surface area (Å²) >= 11 is 0. The van der Waals surface area contributed by atoms with Crippen molar-refractivity contribution in [2.75, 3.05) is 29.4 Å². The molecule has 0 saturated heterocycles. The van der Waals surface area contributed by atoms with Gasteiger partial charge in [0.25, 0.3) is 0 Å². The fourth-order valence-electron chi connectivity index (χ4n) is 2.70. The number of hydrogen-bond donors (Lipinski definition) is 1. The van der Waals surface area contributed by atoms with E-state index >= 15 is 0 Å². The quantitative estimate of drug-likeness (QED) is 0.753. The zero-order valence-electron chi connectivity index (χ0n) is 15.1. The van der Waals surface area contributed by atoms with Crippen molar-refractivity contribution in [1.29, 1.82) is 5.26 Å². The van der Waals surface area contributed by atoms with Gasteiger partial charge in [-0.25, -0.2) is 0 Å². The highest BCUT2D eigenvalue weighted by Crippen LogP contribution is 2.18. The van der Waals surface area contributed by atoms with Gasteiger partial charge in [-0.3, -0.25) is 4.79 Å². The minimum absolute atomic E-state index is 0.0985. The Hall–Kier alpha value is -2.84. The molecule has 1 atom stereocenters. The summed E-state index contributed by atoms with van der Waals surface area (Å²) in [6.45, 7) is 2.78. The Kier molecular flexibility index (Phi) is 7.66. The van der Waals surface area contributed by atoms with Crippen LogP contribution in [-0.2, 0) is 4.79 Å². The summed E-state index contributed by atoms with van der Waals surface area (Å²) in [7, 11) is 0. The van der Waals surface area contributed by atoms with Gasteiger partial charge in [0.1, 0.15) is 0 Å². The second-order valence-corrected chi connectivity index (χ2v) is 6.07. The third-order valence-electron chi connectivity index (χ3n) is 4.17. The number of nitriles is 1. The van der Waals surface area contributed by atoms with Gasteiger partial charge in [-0.05, 0) is 30.7 Å². The molecule has 1 N–H and O–H groups in total. The van der Waals surface area contributed by atoms with Crippen LogP contribution >= 0.6 is 0 Å². The fraction of sp³-hybridized carbons (Fsp3) is 0.333. The molecule has 5 heteroatoms. The predicted molar refractivity (Wildman–Crippen MR) is 104 cm³/mol. The maximum absolute atomic E-state index is 13.0. The molecule has 0 saturated carbocycles. The van der Waals surface area contributed by atoms with E-state index in [9.17, 15) is 9.90 Å². The third kappa shape index (κ3) is 5.61. The summed E-state index contributed by atoms with van der Waals surface area (Å²) in [6, 6.07) is 21.1. The van der Waals surface area contributed by atoms with Gasteiger partial charge in [0.2, 0.25) is 5.91 Å². The van der Waals surface area contributed by atoms with Crippen molar-refractivity contribution in [2.45, 2.75) is 25.9 Å². The number of nitrogens with zero attached hydrogens (tertiary/aromatic N) is 3. The first-order valence-corrected chi connectivity index (χ1v) is 8.86. The van der Waals surface area contributed by atoms with Gasteiger partial charge in [-0.2, -0.15) is 5.26 Å². The van der Waals surface area contributed by atoms with Gasteiger partial charge in [0.05, 0.1) is 25.1 Å². The lowest BCUT2D eigenvalue weighted by molar-refractivity contribution is -0.117. The molecule has 0 aliphatic rings. The predicted octanol–water partition coefficient (Wildman–Crippen LogP) is 3.21. The van der Waals surface area contributed by atoms with E-state index < -0.39 is 6.10 Å². The first-order valence-electron chi connectivity index (χ1n) is 8.86. The van der Waals surface area contributed by atoms with E-state index in [1.54, 1.807) is 4.90 Å². The summed E-state index contributed by atoms with van der Waals surface area (Å²) in [4.78, 5) is 16.5. The third-order valence-corrected chi connectivity index (χ3v) is 4.17. The van der Waals surface area contributed by atoms with Crippen molar-refractivity contribution >= 4 is 17.3 Å². The molecule has 136 valence electrons. The molecule has 5 nitrogen and oxygen atoms in total. The molecule has 0 radical (unpaired) electrons. The van der Waals surface area contributed by atoms with E-state index in [1.165, 1.54) is 0 Å². The van der Waals surface area contributed by atoms with Crippen LogP contribution in [0.1, 0.15) is 19.8 Å². The Balaban J connectivity index is 2.20. The van der Waals surface area contributed by atoms with E-state index in [0.717, 1.165) is 11.4 Å². The Labute approximate surface area is 155 Å². The van der Waals surface area contributed by atoms with E-state index in [4.69, 9.17) is 5.26 Å². The molecule has 0 fully saturated rings. The lowest BCUT2D eigenvalue weighted by Gasteiger charge is -2.30. The van der Waals surface area contributed by atoms with Crippen LogP contribution in [0.4, 0.5) is 11.4 Å². The SMILES string of the molecule is CCC(O)CN(CC(=O)N(CCC#N)c1ccccc1)c1ccccc1. The summed E-state index contributed by atoms with van der Waals surface area (Å²) in [5.41, 5.74) is 1.67. The molecule has 2 aromatic carbocycles. The van der Waals surface area contributed by atoms with Crippen molar-refractivity contribution < 1.29 is 9.90 Å². The number of anilines is 2. The molecule has 1 unspecified atom stereocenters. The van der Waals surface area contributed by atoms with E-state index in [0.29, 0.717) is 19.5 Å². The standard InChI is InChI=1S/C21H25N3O2/c1-2-20(25)16-23(18-10-5-3-6-11-18)17-21(26)24(15-9-14-22)19-12-7-4-8-13-19/h3-8,10-13,20,25H,2,9,15-17H2,1H3. The lowest BCUT2D eigenvalue weighted by Crippen LogP contribution is -2.43. The minimum atomic E-state index is -0.507. The van der Waals surface area contributed by atoms with Gasteiger partial charge in [0, 0.05) is 24.5 Å². The smallest absolute Gasteiger partial charge is 0.246 e. The monoisotopic (exact) mass is 351 g/mol. The van der Waals surface area contributed by atoms with Gasteiger partial charge in [-0.1, -0.05) is 43.3 Å². The number of para-hydroxylation sites is 2. The summed E-state index contributed by atoms with van der Waals surface area (Å²) in [5, 5.41) is 19.0. The minimum Gasteiger partial charge on any atom is -0.391 e. The van der Waals surface area contributed by atoms with Crippen LogP contribution in [-0.4, -0.2) is 36.8 Å². The fourth-order valence-corrected chi connectivity index (χ4v) is 2.70. The summed E-state index contributed by atoms with van der Waals surface area (Å²) in [6.07, 6.45) is 0.380. The average Bonchev–Trinajstić information content (AvgIpc) is 2.69. The number of amides is 1. The van der Waals surface area contributed by atoms with Crippen molar-refractivity contribution in [3.63, 3.8) is 0 Å². The van der Waals surface area contributed by atoms with Crippen molar-refractivity contribution in [3.8, 4) is 6.07 Å². The maximum Gasteiger partial charge on any atom is 0.246 e. The van der Waals surface area contributed by atoms with Crippen LogP contribution in [0.5, 0.6) is 0 Å². The Morgan fingerprint density at radius 1 is 1.08 bits per heavy atom. The molecule has 0 heterocycles. The molecule has 2 rings (SSSR count). The molecule has 0 aliphatic carbocycles. The first-order chi connectivity index (χ1) is 12.7. The van der Waals surface area contributed by atoms with Crippen LogP contribution in [0.3, 0.4) is 0 Å². The second-order valence-electron chi connectivity index (χ2n) is 6.07. The van der Waals surface area contributed by atoms with Crippen LogP contribution in [0.15, 0.2) is 60.7 Å². The van der Waals surface area contributed by atoms with E-state index in [-0.39, 0.29) is 18.9 Å². The Morgan fingerprint density at radius 2 is 1.65 bits per heavy atom. The normalized spacial score (nSPS) is 11.4. The topological polar surface area (TPSA) is 67.6 Å². The molecule has 0 aromatic heterocycles. The lowest BCUT2D eigenvalue weighted by atomic mass is 10.2. The number of carbonyl (C=O) groups excluding carboxylic acids is 1. The van der Waals surface area contributed by atoms with Gasteiger partial charge < -0.3 is 14.9 Å². The number of carbonyl (C=O) groups is 1. The number of aliphatic hydroxyl groups excluding tert-OH is 1. The van der Waals surface area contributed by atoms with Crippen molar-refractivity contribution in [2.24, 2.45) is 0 Å². The highest BCUT2D eigenvalue weighted by molar-refractivity contribution is 5.96. The number of aliphatic hydroxyl groups is 1. The van der Waals surface area contributed by atoms with Crippen molar-refractivity contribution in [3.05, 3.63) is 60.7 Å². The Bertz CT molecular complexity index is 713. The highest BCUT2D eigenvalue weighted by Gasteiger charge is 2.20. The first kappa shape index (κ1) is 19.5. The number of benzene rings is 2. The van der Waals surface area contributed by atoms with E-state index in [2.05, 4.69) is 6.07 Å². The molecular weight excluding hydrogens is 326 g/mol.